The Kier molecular flexibility index (Phi) is 5.50. The van der Waals surface area contributed by atoms with Crippen LogP contribution in [0.4, 0.5) is 24.5 Å². The first kappa shape index (κ1) is 22.6. The van der Waals surface area contributed by atoms with Crippen LogP contribution < -0.4 is 14.4 Å². The SMILES string of the molecule is O=C1c2c(Cl)ccc(NS(=O)(=O)c3ccc(OC(F)(F)F)cc3)c2C(=O)N1c1cccnc1. The van der Waals surface area contributed by atoms with E-state index < -0.39 is 38.8 Å². The number of pyridine rings is 1. The number of benzene rings is 2. The van der Waals surface area contributed by atoms with Gasteiger partial charge in [0, 0.05) is 6.20 Å². The molecular formula is C20H11ClF3N3O5S. The standard InChI is InChI=1S/C20H11ClF3N3O5S/c21-14-7-8-15(17-16(14)18(28)27(19(17)29)11-2-1-9-25-10-11)26-33(30,31)13-5-3-12(4-6-13)32-20(22,23)24/h1-10,26H. The highest BCUT2D eigenvalue weighted by molar-refractivity contribution is 7.92. The first-order valence-corrected chi connectivity index (χ1v) is 10.8. The van der Waals surface area contributed by atoms with Gasteiger partial charge in [-0.15, -0.1) is 13.2 Å². The van der Waals surface area contributed by atoms with E-state index in [2.05, 4.69) is 14.4 Å². The quantitative estimate of drug-likeness (QED) is 0.529. The first-order valence-electron chi connectivity index (χ1n) is 8.98. The van der Waals surface area contributed by atoms with Gasteiger partial charge in [0.2, 0.25) is 0 Å². The number of imide groups is 1. The number of hydrogen-bond acceptors (Lipinski definition) is 6. The molecule has 0 fully saturated rings. The second-order valence-corrected chi connectivity index (χ2v) is 8.72. The lowest BCUT2D eigenvalue weighted by Gasteiger charge is -2.14. The summed E-state index contributed by atoms with van der Waals surface area (Å²) >= 11 is 6.11. The molecule has 4 rings (SSSR count). The zero-order chi connectivity index (χ0) is 24.0. The topological polar surface area (TPSA) is 106 Å². The fourth-order valence-corrected chi connectivity index (χ4v) is 4.46. The maximum Gasteiger partial charge on any atom is 0.573 e. The molecule has 1 N–H and O–H groups in total. The van der Waals surface area contributed by atoms with Gasteiger partial charge >= 0.3 is 6.36 Å². The summed E-state index contributed by atoms with van der Waals surface area (Å²) in [5.74, 6) is -2.19. The molecule has 0 spiro atoms. The van der Waals surface area contributed by atoms with Crippen molar-refractivity contribution in [1.29, 1.82) is 0 Å². The number of alkyl halides is 3. The number of rotatable bonds is 5. The van der Waals surface area contributed by atoms with Crippen molar-refractivity contribution in [2.24, 2.45) is 0 Å². The number of nitrogens with zero attached hydrogens (tertiary/aromatic N) is 2. The molecule has 0 bridgehead atoms. The van der Waals surface area contributed by atoms with Crippen LogP contribution in [0.3, 0.4) is 0 Å². The molecule has 1 aliphatic heterocycles. The molecule has 3 aromatic rings. The number of carbonyl (C=O) groups is 2. The molecule has 0 aliphatic carbocycles. The molecule has 33 heavy (non-hydrogen) atoms. The van der Waals surface area contributed by atoms with E-state index in [1.54, 1.807) is 0 Å². The Morgan fingerprint density at radius 3 is 2.24 bits per heavy atom. The second-order valence-electron chi connectivity index (χ2n) is 6.63. The van der Waals surface area contributed by atoms with E-state index in [-0.39, 0.29) is 27.5 Å². The minimum atomic E-state index is -4.93. The van der Waals surface area contributed by atoms with Gasteiger partial charge in [0.15, 0.2) is 0 Å². The zero-order valence-corrected chi connectivity index (χ0v) is 17.7. The average molecular weight is 498 g/mol. The minimum absolute atomic E-state index is 0.0636. The summed E-state index contributed by atoms with van der Waals surface area (Å²) in [7, 11) is -4.36. The molecule has 0 atom stereocenters. The van der Waals surface area contributed by atoms with Crippen LogP contribution in [0.15, 0.2) is 65.8 Å². The predicted molar refractivity (Wildman–Crippen MR) is 111 cm³/mol. The monoisotopic (exact) mass is 497 g/mol. The summed E-state index contributed by atoms with van der Waals surface area (Å²) in [6, 6.07) is 8.88. The van der Waals surface area contributed by atoms with Crippen molar-refractivity contribution in [3.63, 3.8) is 0 Å². The van der Waals surface area contributed by atoms with Crippen molar-refractivity contribution in [3.8, 4) is 5.75 Å². The van der Waals surface area contributed by atoms with E-state index >= 15 is 0 Å². The number of sulfonamides is 1. The number of amides is 2. The summed E-state index contributed by atoms with van der Waals surface area (Å²) in [6.07, 6.45) is -2.21. The van der Waals surface area contributed by atoms with Gasteiger partial charge in [0.05, 0.1) is 38.6 Å². The molecule has 13 heteroatoms. The fourth-order valence-electron chi connectivity index (χ4n) is 3.15. The number of aromatic nitrogens is 1. The first-order chi connectivity index (χ1) is 15.5. The lowest BCUT2D eigenvalue weighted by molar-refractivity contribution is -0.274. The number of anilines is 2. The van der Waals surface area contributed by atoms with E-state index in [0.717, 1.165) is 29.2 Å². The van der Waals surface area contributed by atoms with E-state index in [1.165, 1.54) is 36.7 Å². The molecule has 170 valence electrons. The van der Waals surface area contributed by atoms with Crippen molar-refractivity contribution >= 4 is 44.8 Å². The molecule has 2 heterocycles. The van der Waals surface area contributed by atoms with E-state index in [0.29, 0.717) is 0 Å². The van der Waals surface area contributed by atoms with Crippen molar-refractivity contribution in [2.45, 2.75) is 11.3 Å². The van der Waals surface area contributed by atoms with Crippen LogP contribution in [0.25, 0.3) is 0 Å². The molecule has 0 radical (unpaired) electrons. The number of ether oxygens (including phenoxy) is 1. The lowest BCUT2D eigenvalue weighted by Crippen LogP contribution is -2.29. The fraction of sp³-hybridized carbons (Fsp3) is 0.0500. The molecule has 0 unspecified atom stereocenters. The number of nitrogens with one attached hydrogen (secondary N) is 1. The van der Waals surface area contributed by atoms with E-state index in [1.807, 2.05) is 0 Å². The summed E-state index contributed by atoms with van der Waals surface area (Å²) in [5, 5.41) is -0.0636. The van der Waals surface area contributed by atoms with Crippen molar-refractivity contribution in [3.05, 3.63) is 77.1 Å². The molecule has 0 saturated carbocycles. The Labute approximate surface area is 189 Å². The van der Waals surface area contributed by atoms with Crippen LogP contribution in [0.5, 0.6) is 5.75 Å². The average Bonchev–Trinajstić information content (AvgIpc) is 3.01. The molecule has 1 aromatic heterocycles. The van der Waals surface area contributed by atoms with Gasteiger partial charge in [-0.1, -0.05) is 11.6 Å². The predicted octanol–water partition coefficient (Wildman–Crippen LogP) is 4.24. The summed E-state index contributed by atoms with van der Waals surface area (Å²) in [6.45, 7) is 0. The summed E-state index contributed by atoms with van der Waals surface area (Å²) in [4.78, 5) is 30.2. The highest BCUT2D eigenvalue weighted by atomic mass is 35.5. The van der Waals surface area contributed by atoms with Gasteiger partial charge in [-0.3, -0.25) is 19.3 Å². The Hall–Kier alpha value is -3.64. The molecule has 2 amide bonds. The largest absolute Gasteiger partial charge is 0.573 e. The Morgan fingerprint density at radius 1 is 0.970 bits per heavy atom. The van der Waals surface area contributed by atoms with Crippen molar-refractivity contribution in [2.75, 3.05) is 9.62 Å². The molecule has 0 saturated heterocycles. The lowest BCUT2D eigenvalue weighted by atomic mass is 10.1. The third-order valence-electron chi connectivity index (χ3n) is 4.50. The van der Waals surface area contributed by atoms with E-state index in [4.69, 9.17) is 11.6 Å². The third-order valence-corrected chi connectivity index (χ3v) is 6.20. The van der Waals surface area contributed by atoms with Crippen LogP contribution in [0.1, 0.15) is 20.7 Å². The number of hydrogen-bond donors (Lipinski definition) is 1. The van der Waals surface area contributed by atoms with Gasteiger partial charge in [-0.25, -0.2) is 13.3 Å². The Bertz CT molecular complexity index is 1360. The molecule has 8 nitrogen and oxygen atoms in total. The Morgan fingerprint density at radius 2 is 1.64 bits per heavy atom. The summed E-state index contributed by atoms with van der Waals surface area (Å²) < 4.78 is 68.4. The van der Waals surface area contributed by atoms with Gasteiger partial charge < -0.3 is 4.74 Å². The van der Waals surface area contributed by atoms with Gasteiger partial charge in [0.25, 0.3) is 21.8 Å². The maximum absolute atomic E-state index is 13.0. The van der Waals surface area contributed by atoms with E-state index in [9.17, 15) is 31.2 Å². The van der Waals surface area contributed by atoms with Crippen LogP contribution in [0.2, 0.25) is 5.02 Å². The molecule has 1 aliphatic rings. The highest BCUT2D eigenvalue weighted by Crippen LogP contribution is 2.37. The van der Waals surface area contributed by atoms with Crippen LogP contribution in [0, 0.1) is 0 Å². The number of carbonyl (C=O) groups excluding carboxylic acids is 2. The van der Waals surface area contributed by atoms with Crippen LogP contribution in [-0.2, 0) is 10.0 Å². The third kappa shape index (κ3) is 4.34. The van der Waals surface area contributed by atoms with Crippen LogP contribution >= 0.6 is 11.6 Å². The number of halogens is 4. The van der Waals surface area contributed by atoms with Gasteiger partial charge in [-0.2, -0.15) is 0 Å². The maximum atomic E-state index is 13.0. The molecule has 2 aromatic carbocycles. The van der Waals surface area contributed by atoms with Gasteiger partial charge in [-0.05, 0) is 48.5 Å². The zero-order valence-electron chi connectivity index (χ0n) is 16.1. The van der Waals surface area contributed by atoms with Crippen molar-refractivity contribution < 1.29 is 35.9 Å². The highest BCUT2D eigenvalue weighted by Gasteiger charge is 2.41. The smallest absolute Gasteiger partial charge is 0.406 e. The normalized spacial score (nSPS) is 13.8. The summed E-state index contributed by atoms with van der Waals surface area (Å²) in [5.41, 5.74) is -0.528. The number of fused-ring (bicyclic) bond motifs is 1. The van der Waals surface area contributed by atoms with Gasteiger partial charge in [0.1, 0.15) is 5.75 Å². The molecular weight excluding hydrogens is 487 g/mol. The minimum Gasteiger partial charge on any atom is -0.406 e. The Balaban J connectivity index is 1.69. The van der Waals surface area contributed by atoms with Crippen molar-refractivity contribution in [1.82, 2.24) is 4.98 Å². The van der Waals surface area contributed by atoms with Crippen LogP contribution in [-0.4, -0.2) is 31.6 Å². The second kappa shape index (κ2) is 8.05.